The molecule has 5 heteroatoms. The number of amides is 2. The number of ether oxygens (including phenoxy) is 1. The van der Waals surface area contributed by atoms with Crippen molar-refractivity contribution in [3.05, 3.63) is 59.7 Å². The minimum Gasteiger partial charge on any atom is -0.483 e. The van der Waals surface area contributed by atoms with Crippen LogP contribution in [0.4, 0.5) is 5.69 Å². The predicted octanol–water partition coefficient (Wildman–Crippen LogP) is 3.75. The molecular weight excluding hydrogens is 328 g/mol. The van der Waals surface area contributed by atoms with Gasteiger partial charge in [0.05, 0.1) is 0 Å². The Labute approximate surface area is 154 Å². The van der Waals surface area contributed by atoms with Crippen molar-refractivity contribution in [3.63, 3.8) is 0 Å². The van der Waals surface area contributed by atoms with Crippen LogP contribution >= 0.6 is 0 Å². The quantitative estimate of drug-likeness (QED) is 0.830. The second-order valence-electron chi connectivity index (χ2n) is 7.02. The zero-order valence-electron chi connectivity index (χ0n) is 15.8. The van der Waals surface area contributed by atoms with Gasteiger partial charge in [-0.15, -0.1) is 0 Å². The first-order valence-electron chi connectivity index (χ1n) is 8.71. The number of para-hydroxylation sites is 1. The zero-order chi connectivity index (χ0) is 19.2. The lowest BCUT2D eigenvalue weighted by Gasteiger charge is -2.22. The van der Waals surface area contributed by atoms with Crippen molar-refractivity contribution in [1.82, 2.24) is 5.32 Å². The highest BCUT2D eigenvalue weighted by atomic mass is 16.5. The van der Waals surface area contributed by atoms with E-state index in [-0.39, 0.29) is 23.8 Å². The van der Waals surface area contributed by atoms with E-state index in [0.717, 1.165) is 5.56 Å². The van der Waals surface area contributed by atoms with Gasteiger partial charge in [0.15, 0.2) is 6.61 Å². The van der Waals surface area contributed by atoms with Crippen molar-refractivity contribution < 1.29 is 14.3 Å². The summed E-state index contributed by atoms with van der Waals surface area (Å²) in [5.74, 6) is 0.256. The van der Waals surface area contributed by atoms with E-state index in [2.05, 4.69) is 31.4 Å². The molecule has 0 aliphatic carbocycles. The molecule has 0 heterocycles. The molecule has 0 saturated heterocycles. The van der Waals surface area contributed by atoms with E-state index in [4.69, 9.17) is 4.74 Å². The third-order valence-electron chi connectivity index (χ3n) is 3.80. The molecule has 138 valence electrons. The van der Waals surface area contributed by atoms with Crippen LogP contribution in [-0.4, -0.2) is 25.0 Å². The van der Waals surface area contributed by atoms with Crippen LogP contribution in [0.2, 0.25) is 0 Å². The largest absolute Gasteiger partial charge is 0.483 e. The van der Waals surface area contributed by atoms with Crippen molar-refractivity contribution in [2.75, 3.05) is 18.5 Å². The first kappa shape index (κ1) is 19.5. The van der Waals surface area contributed by atoms with Crippen LogP contribution in [0, 0.1) is 0 Å². The van der Waals surface area contributed by atoms with E-state index in [1.165, 1.54) is 0 Å². The van der Waals surface area contributed by atoms with Crippen molar-refractivity contribution >= 4 is 17.5 Å². The van der Waals surface area contributed by atoms with Crippen molar-refractivity contribution in [1.29, 1.82) is 0 Å². The Balaban J connectivity index is 2.00. The van der Waals surface area contributed by atoms with Crippen molar-refractivity contribution in [3.8, 4) is 5.75 Å². The molecule has 5 nitrogen and oxygen atoms in total. The highest BCUT2D eigenvalue weighted by Crippen LogP contribution is 2.30. The number of hydrogen-bond donors (Lipinski definition) is 2. The summed E-state index contributed by atoms with van der Waals surface area (Å²) in [6, 6.07) is 14.5. The molecule has 0 aromatic heterocycles. The monoisotopic (exact) mass is 354 g/mol. The molecule has 0 aliphatic rings. The van der Waals surface area contributed by atoms with Crippen molar-refractivity contribution in [2.24, 2.45) is 0 Å². The molecule has 2 rings (SSSR count). The third-order valence-corrected chi connectivity index (χ3v) is 3.80. The van der Waals surface area contributed by atoms with Gasteiger partial charge in [0.2, 0.25) is 0 Å². The fourth-order valence-corrected chi connectivity index (χ4v) is 2.55. The van der Waals surface area contributed by atoms with Gasteiger partial charge >= 0.3 is 0 Å². The molecule has 0 aliphatic heterocycles. The second kappa shape index (κ2) is 8.52. The predicted molar refractivity (Wildman–Crippen MR) is 104 cm³/mol. The highest BCUT2D eigenvalue weighted by Gasteiger charge is 2.19. The van der Waals surface area contributed by atoms with Crippen LogP contribution < -0.4 is 15.4 Å². The lowest BCUT2D eigenvalue weighted by molar-refractivity contribution is -0.118. The lowest BCUT2D eigenvalue weighted by atomic mass is 9.86. The fourth-order valence-electron chi connectivity index (χ4n) is 2.55. The SMILES string of the molecule is CCNC(=O)c1cccc(NC(=O)COc2ccccc2C(C)(C)C)c1. The molecule has 0 atom stereocenters. The summed E-state index contributed by atoms with van der Waals surface area (Å²) in [6.07, 6.45) is 0. The van der Waals surface area contributed by atoms with Gasteiger partial charge in [-0.05, 0) is 42.2 Å². The number of hydrogen-bond acceptors (Lipinski definition) is 3. The summed E-state index contributed by atoms with van der Waals surface area (Å²) in [5, 5.41) is 5.50. The number of carbonyl (C=O) groups excluding carboxylic acids is 2. The third kappa shape index (κ3) is 5.34. The first-order valence-corrected chi connectivity index (χ1v) is 8.71. The van der Waals surface area contributed by atoms with Gasteiger partial charge in [-0.3, -0.25) is 9.59 Å². The van der Waals surface area contributed by atoms with Crippen LogP contribution in [0.15, 0.2) is 48.5 Å². The minimum absolute atomic E-state index is 0.0754. The van der Waals surface area contributed by atoms with Crippen LogP contribution in [0.25, 0.3) is 0 Å². The van der Waals surface area contributed by atoms with Gasteiger partial charge in [0.1, 0.15) is 5.75 Å². The fraction of sp³-hybridized carbons (Fsp3) is 0.333. The Morgan fingerprint density at radius 2 is 1.77 bits per heavy atom. The topological polar surface area (TPSA) is 67.4 Å². The molecule has 0 spiro atoms. The number of anilines is 1. The van der Waals surface area contributed by atoms with Gasteiger partial charge in [-0.2, -0.15) is 0 Å². The maximum absolute atomic E-state index is 12.2. The Bertz CT molecular complexity index is 779. The zero-order valence-corrected chi connectivity index (χ0v) is 15.8. The van der Waals surface area contributed by atoms with Gasteiger partial charge in [0, 0.05) is 17.8 Å². The van der Waals surface area contributed by atoms with E-state index in [1.807, 2.05) is 31.2 Å². The normalized spacial score (nSPS) is 10.9. The number of carbonyl (C=O) groups is 2. The van der Waals surface area contributed by atoms with E-state index >= 15 is 0 Å². The number of benzene rings is 2. The first-order chi connectivity index (χ1) is 12.3. The average Bonchev–Trinajstić information content (AvgIpc) is 2.60. The maximum Gasteiger partial charge on any atom is 0.262 e. The van der Waals surface area contributed by atoms with Gasteiger partial charge in [-0.25, -0.2) is 0 Å². The summed E-state index contributed by atoms with van der Waals surface area (Å²) in [6.45, 7) is 8.61. The van der Waals surface area contributed by atoms with Crippen molar-refractivity contribution in [2.45, 2.75) is 33.1 Å². The molecule has 2 N–H and O–H groups in total. The van der Waals surface area contributed by atoms with E-state index in [9.17, 15) is 9.59 Å². The molecule has 0 fully saturated rings. The summed E-state index contributed by atoms with van der Waals surface area (Å²) < 4.78 is 5.72. The molecule has 2 aromatic carbocycles. The van der Waals surface area contributed by atoms with E-state index in [0.29, 0.717) is 23.5 Å². The van der Waals surface area contributed by atoms with Gasteiger partial charge in [-0.1, -0.05) is 45.0 Å². The Morgan fingerprint density at radius 3 is 2.46 bits per heavy atom. The van der Waals surface area contributed by atoms with Crippen LogP contribution in [-0.2, 0) is 10.2 Å². The Hall–Kier alpha value is -2.82. The molecule has 0 radical (unpaired) electrons. The van der Waals surface area contributed by atoms with E-state index in [1.54, 1.807) is 24.3 Å². The molecule has 0 bridgehead atoms. The molecule has 2 amide bonds. The van der Waals surface area contributed by atoms with Crippen LogP contribution in [0.5, 0.6) is 5.75 Å². The summed E-state index contributed by atoms with van der Waals surface area (Å²) in [5.41, 5.74) is 2.04. The molecule has 2 aromatic rings. The summed E-state index contributed by atoms with van der Waals surface area (Å²) >= 11 is 0. The van der Waals surface area contributed by atoms with E-state index < -0.39 is 0 Å². The highest BCUT2D eigenvalue weighted by molar-refractivity contribution is 5.97. The molecule has 0 saturated carbocycles. The minimum atomic E-state index is -0.276. The Kier molecular flexibility index (Phi) is 6.39. The number of rotatable bonds is 6. The lowest BCUT2D eigenvalue weighted by Crippen LogP contribution is -2.24. The molecular formula is C21H26N2O3. The average molecular weight is 354 g/mol. The van der Waals surface area contributed by atoms with Gasteiger partial charge in [0.25, 0.3) is 11.8 Å². The smallest absolute Gasteiger partial charge is 0.262 e. The second-order valence-corrected chi connectivity index (χ2v) is 7.02. The standard InChI is InChI=1S/C21H26N2O3/c1-5-22-20(25)15-9-8-10-16(13-15)23-19(24)14-26-18-12-7-6-11-17(18)21(2,3)4/h6-13H,5,14H2,1-4H3,(H,22,25)(H,23,24). The molecule has 0 unspecified atom stereocenters. The maximum atomic E-state index is 12.2. The number of nitrogens with one attached hydrogen (secondary N) is 2. The van der Waals surface area contributed by atoms with Crippen LogP contribution in [0.3, 0.4) is 0 Å². The summed E-state index contributed by atoms with van der Waals surface area (Å²) in [7, 11) is 0. The molecule has 26 heavy (non-hydrogen) atoms. The van der Waals surface area contributed by atoms with Gasteiger partial charge < -0.3 is 15.4 Å². The Morgan fingerprint density at radius 1 is 1.04 bits per heavy atom. The van der Waals surface area contributed by atoms with Crippen LogP contribution in [0.1, 0.15) is 43.6 Å². The summed E-state index contributed by atoms with van der Waals surface area (Å²) in [4.78, 5) is 24.1.